The molecule has 0 spiro atoms. The zero-order valence-corrected chi connectivity index (χ0v) is 13.5. The minimum atomic E-state index is 0.705. The van der Waals surface area contributed by atoms with Crippen LogP contribution in [0.5, 0.6) is 0 Å². The van der Waals surface area contributed by atoms with Gasteiger partial charge in [-0.3, -0.25) is 0 Å². The molecule has 0 unspecified atom stereocenters. The first-order valence-electron chi connectivity index (χ1n) is 8.22. The lowest BCUT2D eigenvalue weighted by molar-refractivity contribution is 0.860. The molecule has 0 aliphatic carbocycles. The Bertz CT molecular complexity index is 959. The van der Waals surface area contributed by atoms with Crippen molar-refractivity contribution >= 4 is 11.2 Å². The molecule has 0 aliphatic rings. The standard InChI is InChI=1S/C20H18N4/c1-2-9-16-21-18-17(14-10-5-3-6-11-14)23-19(24-20(18)22-16)15-12-7-4-8-13-15/h3-8,10-13H,2,9H2,1H3,(H,21,22,23,24). The summed E-state index contributed by atoms with van der Waals surface area (Å²) in [7, 11) is 0. The molecular weight excluding hydrogens is 296 g/mol. The summed E-state index contributed by atoms with van der Waals surface area (Å²) in [6, 6.07) is 20.2. The number of rotatable bonds is 4. The summed E-state index contributed by atoms with van der Waals surface area (Å²) in [5.41, 5.74) is 4.59. The van der Waals surface area contributed by atoms with Gasteiger partial charge in [0.2, 0.25) is 0 Å². The van der Waals surface area contributed by atoms with Gasteiger partial charge in [0, 0.05) is 17.5 Å². The summed E-state index contributed by atoms with van der Waals surface area (Å²) < 4.78 is 0. The maximum absolute atomic E-state index is 4.83. The van der Waals surface area contributed by atoms with Crippen molar-refractivity contribution in [2.24, 2.45) is 0 Å². The van der Waals surface area contributed by atoms with Crippen molar-refractivity contribution in [1.29, 1.82) is 0 Å². The third-order valence-corrected chi connectivity index (χ3v) is 3.97. The molecule has 118 valence electrons. The largest absolute Gasteiger partial charge is 0.339 e. The molecular formula is C20H18N4. The van der Waals surface area contributed by atoms with E-state index in [1.54, 1.807) is 0 Å². The number of hydrogen-bond acceptors (Lipinski definition) is 3. The molecule has 2 aromatic heterocycles. The first-order chi connectivity index (χ1) is 11.8. The molecule has 1 N–H and O–H groups in total. The highest BCUT2D eigenvalue weighted by atomic mass is 15.0. The molecule has 0 amide bonds. The van der Waals surface area contributed by atoms with Crippen molar-refractivity contribution in [2.75, 3.05) is 0 Å². The number of H-pyrrole nitrogens is 1. The average molecular weight is 314 g/mol. The highest BCUT2D eigenvalue weighted by Gasteiger charge is 2.14. The monoisotopic (exact) mass is 314 g/mol. The van der Waals surface area contributed by atoms with Gasteiger partial charge in [0.05, 0.1) is 0 Å². The normalized spacial score (nSPS) is 11.0. The second-order valence-electron chi connectivity index (χ2n) is 5.76. The van der Waals surface area contributed by atoms with E-state index in [-0.39, 0.29) is 0 Å². The molecule has 4 aromatic rings. The molecule has 0 atom stereocenters. The van der Waals surface area contributed by atoms with Gasteiger partial charge in [0.1, 0.15) is 17.0 Å². The first kappa shape index (κ1) is 14.6. The molecule has 0 fully saturated rings. The van der Waals surface area contributed by atoms with E-state index in [4.69, 9.17) is 4.98 Å². The number of benzene rings is 2. The van der Waals surface area contributed by atoms with E-state index in [1.165, 1.54) is 0 Å². The van der Waals surface area contributed by atoms with Crippen LogP contribution in [0.2, 0.25) is 0 Å². The quantitative estimate of drug-likeness (QED) is 0.597. The van der Waals surface area contributed by atoms with E-state index in [0.717, 1.165) is 46.7 Å². The predicted molar refractivity (Wildman–Crippen MR) is 96.6 cm³/mol. The molecule has 2 heterocycles. The fourth-order valence-corrected chi connectivity index (χ4v) is 2.82. The number of nitrogens with one attached hydrogen (secondary N) is 1. The maximum Gasteiger partial charge on any atom is 0.182 e. The van der Waals surface area contributed by atoms with Gasteiger partial charge in [-0.05, 0) is 6.42 Å². The van der Waals surface area contributed by atoms with E-state index in [1.807, 2.05) is 48.5 Å². The molecule has 0 radical (unpaired) electrons. The van der Waals surface area contributed by atoms with Crippen LogP contribution >= 0.6 is 0 Å². The third kappa shape index (κ3) is 2.67. The number of fused-ring (bicyclic) bond motifs is 1. The lowest BCUT2D eigenvalue weighted by Gasteiger charge is -2.05. The van der Waals surface area contributed by atoms with Crippen LogP contribution in [0.3, 0.4) is 0 Å². The molecule has 0 saturated carbocycles. The molecule has 4 heteroatoms. The predicted octanol–water partition coefficient (Wildman–Crippen LogP) is 4.64. The van der Waals surface area contributed by atoms with E-state index in [0.29, 0.717) is 5.82 Å². The number of aryl methyl sites for hydroxylation is 1. The lowest BCUT2D eigenvalue weighted by atomic mass is 10.1. The summed E-state index contributed by atoms with van der Waals surface area (Å²) in [4.78, 5) is 17.6. The van der Waals surface area contributed by atoms with Crippen LogP contribution in [0.15, 0.2) is 60.7 Å². The minimum absolute atomic E-state index is 0.705. The average Bonchev–Trinajstić information content (AvgIpc) is 3.05. The van der Waals surface area contributed by atoms with Crippen LogP contribution in [0.4, 0.5) is 0 Å². The van der Waals surface area contributed by atoms with Gasteiger partial charge in [-0.25, -0.2) is 15.0 Å². The van der Waals surface area contributed by atoms with Crippen molar-refractivity contribution in [1.82, 2.24) is 19.9 Å². The SMILES string of the molecule is CCCc1nc2nc(-c3ccccc3)nc(-c3ccccc3)c2[nH]1. The van der Waals surface area contributed by atoms with E-state index in [9.17, 15) is 0 Å². The van der Waals surface area contributed by atoms with Gasteiger partial charge < -0.3 is 4.98 Å². The second kappa shape index (κ2) is 6.24. The smallest absolute Gasteiger partial charge is 0.182 e. The van der Waals surface area contributed by atoms with Gasteiger partial charge in [-0.1, -0.05) is 67.6 Å². The Morgan fingerprint density at radius 2 is 1.46 bits per heavy atom. The van der Waals surface area contributed by atoms with Crippen molar-refractivity contribution in [3.63, 3.8) is 0 Å². The van der Waals surface area contributed by atoms with Gasteiger partial charge in [0.15, 0.2) is 11.5 Å². The third-order valence-electron chi connectivity index (χ3n) is 3.97. The number of hydrogen-bond donors (Lipinski definition) is 1. The number of imidazole rings is 1. The molecule has 0 aliphatic heterocycles. The first-order valence-corrected chi connectivity index (χ1v) is 8.22. The molecule has 0 saturated heterocycles. The summed E-state index contributed by atoms with van der Waals surface area (Å²) in [5, 5.41) is 0. The highest BCUT2D eigenvalue weighted by Crippen LogP contribution is 2.27. The van der Waals surface area contributed by atoms with E-state index < -0.39 is 0 Å². The molecule has 0 bridgehead atoms. The Kier molecular flexibility index (Phi) is 3.79. The Hall–Kier alpha value is -3.01. The Labute approximate surface area is 140 Å². The summed E-state index contributed by atoms with van der Waals surface area (Å²) >= 11 is 0. The Morgan fingerprint density at radius 1 is 0.792 bits per heavy atom. The minimum Gasteiger partial charge on any atom is -0.339 e. The zero-order valence-electron chi connectivity index (χ0n) is 13.5. The van der Waals surface area contributed by atoms with Crippen LogP contribution in [0.25, 0.3) is 33.8 Å². The van der Waals surface area contributed by atoms with Crippen molar-refractivity contribution < 1.29 is 0 Å². The molecule has 2 aromatic carbocycles. The van der Waals surface area contributed by atoms with Crippen LogP contribution in [-0.4, -0.2) is 19.9 Å². The maximum atomic E-state index is 4.83. The van der Waals surface area contributed by atoms with E-state index in [2.05, 4.69) is 34.0 Å². The van der Waals surface area contributed by atoms with Crippen LogP contribution in [-0.2, 0) is 6.42 Å². The van der Waals surface area contributed by atoms with Gasteiger partial charge in [0.25, 0.3) is 0 Å². The van der Waals surface area contributed by atoms with Crippen molar-refractivity contribution in [3.8, 4) is 22.6 Å². The number of nitrogens with zero attached hydrogens (tertiary/aromatic N) is 3. The van der Waals surface area contributed by atoms with Crippen molar-refractivity contribution in [3.05, 3.63) is 66.5 Å². The van der Waals surface area contributed by atoms with Gasteiger partial charge in [-0.2, -0.15) is 0 Å². The summed E-state index contributed by atoms with van der Waals surface area (Å²) in [5.74, 6) is 1.67. The fraction of sp³-hybridized carbons (Fsp3) is 0.150. The number of aromatic amines is 1. The number of aromatic nitrogens is 4. The topological polar surface area (TPSA) is 54.5 Å². The van der Waals surface area contributed by atoms with Gasteiger partial charge in [-0.15, -0.1) is 0 Å². The highest BCUT2D eigenvalue weighted by molar-refractivity contribution is 5.88. The Morgan fingerprint density at radius 3 is 2.12 bits per heavy atom. The van der Waals surface area contributed by atoms with Gasteiger partial charge >= 0.3 is 0 Å². The Balaban J connectivity index is 1.96. The second-order valence-corrected chi connectivity index (χ2v) is 5.76. The van der Waals surface area contributed by atoms with E-state index >= 15 is 0 Å². The molecule has 4 rings (SSSR count). The van der Waals surface area contributed by atoms with Crippen molar-refractivity contribution in [2.45, 2.75) is 19.8 Å². The van der Waals surface area contributed by atoms with Crippen LogP contribution < -0.4 is 0 Å². The fourth-order valence-electron chi connectivity index (χ4n) is 2.82. The summed E-state index contributed by atoms with van der Waals surface area (Å²) in [6.07, 6.45) is 1.95. The van der Waals surface area contributed by atoms with Crippen LogP contribution in [0.1, 0.15) is 19.2 Å². The molecule has 24 heavy (non-hydrogen) atoms. The molecule has 4 nitrogen and oxygen atoms in total. The zero-order chi connectivity index (χ0) is 16.4. The lowest BCUT2D eigenvalue weighted by Crippen LogP contribution is -1.94. The van der Waals surface area contributed by atoms with Crippen LogP contribution in [0, 0.1) is 0 Å². The summed E-state index contributed by atoms with van der Waals surface area (Å²) in [6.45, 7) is 2.15.